The van der Waals surface area contributed by atoms with Gasteiger partial charge in [0.15, 0.2) is 11.6 Å². The quantitative estimate of drug-likeness (QED) is 0.876. The van der Waals surface area contributed by atoms with E-state index in [1.807, 2.05) is 0 Å². The molecule has 2 atom stereocenters. The summed E-state index contributed by atoms with van der Waals surface area (Å²) in [6, 6.07) is 2.21. The highest BCUT2D eigenvalue weighted by atomic mass is 19.2. The number of hydrogen-bond acceptors (Lipinski definition) is 2. The first-order chi connectivity index (χ1) is 8.90. The molecule has 19 heavy (non-hydrogen) atoms. The normalized spacial score (nSPS) is 23.5. The van der Waals surface area contributed by atoms with E-state index in [0.717, 1.165) is 12.1 Å². The van der Waals surface area contributed by atoms with Gasteiger partial charge in [-0.3, -0.25) is 9.59 Å². The zero-order chi connectivity index (χ0) is 14.2. The minimum atomic E-state index is -0.966. The molecule has 6 heteroatoms. The largest absolute Gasteiger partial charge is 0.343 e. The van der Waals surface area contributed by atoms with Crippen molar-refractivity contribution >= 4 is 11.8 Å². The first kappa shape index (κ1) is 13.5. The van der Waals surface area contributed by atoms with E-state index in [4.69, 9.17) is 0 Å². The molecule has 0 radical (unpaired) electrons. The molecule has 1 fully saturated rings. The van der Waals surface area contributed by atoms with E-state index >= 15 is 0 Å². The van der Waals surface area contributed by atoms with Crippen LogP contribution in [0.1, 0.15) is 19.4 Å². The average Bonchev–Trinajstić information content (AvgIpc) is 2.36. The Labute approximate surface area is 109 Å². The molecular formula is C13H14F2N2O2. The molecule has 1 aromatic carbocycles. The van der Waals surface area contributed by atoms with Crippen LogP contribution in [0, 0.1) is 11.6 Å². The van der Waals surface area contributed by atoms with Gasteiger partial charge < -0.3 is 10.2 Å². The third-order valence-electron chi connectivity index (χ3n) is 3.20. The van der Waals surface area contributed by atoms with Crippen LogP contribution in [-0.4, -0.2) is 28.8 Å². The van der Waals surface area contributed by atoms with Gasteiger partial charge in [-0.25, -0.2) is 8.78 Å². The summed E-state index contributed by atoms with van der Waals surface area (Å²) >= 11 is 0. The maximum Gasteiger partial charge on any atom is 0.245 e. The summed E-state index contributed by atoms with van der Waals surface area (Å²) in [4.78, 5) is 25.0. The minimum absolute atomic E-state index is 0.0783. The van der Waals surface area contributed by atoms with E-state index in [0.29, 0.717) is 5.56 Å². The number of nitrogens with one attached hydrogen (secondary N) is 1. The maximum absolute atomic E-state index is 13.1. The molecule has 0 saturated carbocycles. The molecule has 4 nitrogen and oxygen atoms in total. The summed E-state index contributed by atoms with van der Waals surface area (Å²) in [7, 11) is 0. The second kappa shape index (κ2) is 4.95. The molecule has 0 spiro atoms. The Morgan fingerprint density at radius 1 is 1.21 bits per heavy atom. The number of nitrogens with zero attached hydrogens (tertiary/aromatic N) is 1. The van der Waals surface area contributed by atoms with Gasteiger partial charge >= 0.3 is 0 Å². The molecule has 1 heterocycles. The Balaban J connectivity index is 2.22. The van der Waals surface area contributed by atoms with Gasteiger partial charge in [-0.15, -0.1) is 0 Å². The van der Waals surface area contributed by atoms with Crippen molar-refractivity contribution in [1.82, 2.24) is 10.2 Å². The van der Waals surface area contributed by atoms with Gasteiger partial charge in [-0.2, -0.15) is 0 Å². The molecule has 1 aliphatic rings. The van der Waals surface area contributed by atoms with Crippen molar-refractivity contribution in [3.63, 3.8) is 0 Å². The molecule has 2 amide bonds. The van der Waals surface area contributed by atoms with Crippen molar-refractivity contribution in [3.8, 4) is 0 Å². The van der Waals surface area contributed by atoms with Gasteiger partial charge in [0.1, 0.15) is 12.1 Å². The van der Waals surface area contributed by atoms with Gasteiger partial charge in [0.25, 0.3) is 0 Å². The summed E-state index contributed by atoms with van der Waals surface area (Å²) < 4.78 is 26.0. The van der Waals surface area contributed by atoms with Crippen molar-refractivity contribution in [1.29, 1.82) is 0 Å². The van der Waals surface area contributed by atoms with Crippen LogP contribution >= 0.6 is 0 Å². The predicted octanol–water partition coefficient (Wildman–Crippen LogP) is 1.20. The molecule has 2 unspecified atom stereocenters. The molecule has 2 rings (SSSR count). The lowest BCUT2D eigenvalue weighted by molar-refractivity contribution is -0.148. The number of benzene rings is 1. The van der Waals surface area contributed by atoms with Gasteiger partial charge in [0.2, 0.25) is 11.8 Å². The third-order valence-corrected chi connectivity index (χ3v) is 3.20. The summed E-state index contributed by atoms with van der Waals surface area (Å²) in [5.41, 5.74) is 0.445. The molecule has 1 N–H and O–H groups in total. The average molecular weight is 268 g/mol. The molecular weight excluding hydrogens is 254 g/mol. The van der Waals surface area contributed by atoms with E-state index in [1.165, 1.54) is 11.0 Å². The van der Waals surface area contributed by atoms with Crippen LogP contribution in [0.25, 0.3) is 0 Å². The second-order valence-electron chi connectivity index (χ2n) is 4.62. The highest BCUT2D eigenvalue weighted by molar-refractivity contribution is 5.96. The fraction of sp³-hybridized carbons (Fsp3) is 0.385. The molecule has 0 aliphatic carbocycles. The lowest BCUT2D eigenvalue weighted by Crippen LogP contribution is -2.60. The van der Waals surface area contributed by atoms with Crippen LogP contribution in [0.5, 0.6) is 0 Å². The fourth-order valence-electron chi connectivity index (χ4n) is 2.03. The monoisotopic (exact) mass is 268 g/mol. The molecule has 0 aromatic heterocycles. The van der Waals surface area contributed by atoms with Crippen LogP contribution in [0.15, 0.2) is 18.2 Å². The molecule has 1 saturated heterocycles. The van der Waals surface area contributed by atoms with E-state index in [-0.39, 0.29) is 18.4 Å². The highest BCUT2D eigenvalue weighted by Crippen LogP contribution is 2.16. The topological polar surface area (TPSA) is 49.4 Å². The Kier molecular flexibility index (Phi) is 3.50. The number of hydrogen-bond donors (Lipinski definition) is 1. The van der Waals surface area contributed by atoms with Crippen LogP contribution in [0.4, 0.5) is 8.78 Å². The first-order valence-electron chi connectivity index (χ1n) is 5.95. The van der Waals surface area contributed by atoms with Gasteiger partial charge in [0.05, 0.1) is 0 Å². The SMILES string of the molecule is CC1NC(=O)C(C)N(Cc2ccc(F)c(F)c2)C1=O. The minimum Gasteiger partial charge on any atom is -0.343 e. The number of halogens is 2. The molecule has 1 aliphatic heterocycles. The van der Waals surface area contributed by atoms with Gasteiger partial charge in [-0.05, 0) is 31.5 Å². The number of amides is 2. The smallest absolute Gasteiger partial charge is 0.245 e. The van der Waals surface area contributed by atoms with Crippen molar-refractivity contribution in [2.24, 2.45) is 0 Å². The van der Waals surface area contributed by atoms with E-state index < -0.39 is 23.7 Å². The Bertz CT molecular complexity index is 533. The molecule has 102 valence electrons. The summed E-state index contributed by atoms with van der Waals surface area (Å²) in [6.45, 7) is 3.26. The number of rotatable bonds is 2. The number of carbonyl (C=O) groups excluding carboxylic acids is 2. The van der Waals surface area contributed by atoms with Crippen molar-refractivity contribution in [2.45, 2.75) is 32.5 Å². The molecule has 1 aromatic rings. The highest BCUT2D eigenvalue weighted by Gasteiger charge is 2.35. The van der Waals surface area contributed by atoms with Crippen molar-refractivity contribution < 1.29 is 18.4 Å². The Morgan fingerprint density at radius 3 is 2.53 bits per heavy atom. The Hall–Kier alpha value is -1.98. The second-order valence-corrected chi connectivity index (χ2v) is 4.62. The predicted molar refractivity (Wildman–Crippen MR) is 64.0 cm³/mol. The van der Waals surface area contributed by atoms with Gasteiger partial charge in [0, 0.05) is 6.54 Å². The van der Waals surface area contributed by atoms with Crippen molar-refractivity contribution in [2.75, 3.05) is 0 Å². The van der Waals surface area contributed by atoms with Crippen LogP contribution in [-0.2, 0) is 16.1 Å². The lowest BCUT2D eigenvalue weighted by Gasteiger charge is -2.36. The van der Waals surface area contributed by atoms with Crippen LogP contribution < -0.4 is 5.32 Å². The van der Waals surface area contributed by atoms with E-state index in [1.54, 1.807) is 13.8 Å². The standard InChI is InChI=1S/C13H14F2N2O2/c1-7-13(19)17(8(2)12(18)16-7)6-9-3-4-10(14)11(15)5-9/h3-5,7-8H,6H2,1-2H3,(H,16,18). The first-order valence-corrected chi connectivity index (χ1v) is 5.95. The maximum atomic E-state index is 13.1. The number of piperazine rings is 1. The number of carbonyl (C=O) groups is 2. The van der Waals surface area contributed by atoms with Crippen molar-refractivity contribution in [3.05, 3.63) is 35.4 Å². The Morgan fingerprint density at radius 2 is 1.89 bits per heavy atom. The summed E-state index contributed by atoms with van der Waals surface area (Å²) in [6.07, 6.45) is 0. The molecule has 0 bridgehead atoms. The zero-order valence-electron chi connectivity index (χ0n) is 10.6. The third kappa shape index (κ3) is 2.57. The van der Waals surface area contributed by atoms with Crippen LogP contribution in [0.3, 0.4) is 0 Å². The van der Waals surface area contributed by atoms with Crippen LogP contribution in [0.2, 0.25) is 0 Å². The summed E-state index contributed by atoms with van der Waals surface area (Å²) in [5.74, 6) is -2.40. The fourth-order valence-corrected chi connectivity index (χ4v) is 2.03. The van der Waals surface area contributed by atoms with E-state index in [9.17, 15) is 18.4 Å². The zero-order valence-corrected chi connectivity index (χ0v) is 10.6. The lowest BCUT2D eigenvalue weighted by atomic mass is 10.1. The van der Waals surface area contributed by atoms with Gasteiger partial charge in [-0.1, -0.05) is 6.07 Å². The summed E-state index contributed by atoms with van der Waals surface area (Å²) in [5, 5.41) is 2.55. The van der Waals surface area contributed by atoms with E-state index in [2.05, 4.69) is 5.32 Å².